The Balaban J connectivity index is 1.09. The lowest BCUT2D eigenvalue weighted by Gasteiger charge is -2.51. The number of rotatable bonds is 14. The molecule has 3 aromatic carbocycles. The summed E-state index contributed by atoms with van der Waals surface area (Å²) in [5.41, 5.74) is 4.50. The van der Waals surface area contributed by atoms with Gasteiger partial charge in [-0.1, -0.05) is 28.1 Å². The van der Waals surface area contributed by atoms with Gasteiger partial charge in [-0.05, 0) is 135 Å². The van der Waals surface area contributed by atoms with E-state index in [2.05, 4.69) is 68.5 Å². The molecule has 6 saturated heterocycles. The van der Waals surface area contributed by atoms with Gasteiger partial charge in [0.2, 0.25) is 5.95 Å². The summed E-state index contributed by atoms with van der Waals surface area (Å²) in [6.45, 7) is 12.2. The number of nitrogens with zero attached hydrogens (tertiary/aromatic N) is 7. The molecule has 0 spiro atoms. The van der Waals surface area contributed by atoms with Gasteiger partial charge in [0.1, 0.15) is 23.7 Å². The standard InChI is InChI=1S/C49H51BrN8O4/c1-5-29-27-57-21-17-31(29)23-43(57)45(37-15-19-51-41-13-11-35(59-3)25-39(37)41)61-48-54-47(53-34-9-7-33(50)8-10-34)55-49(56-48)62-46(44-24-32-18-22-58(44)28-30(32)6-2)38-16-20-52-42-14-12-36(60-4)26-40(38)42/h5-16,19-20,25-26,29-32,43-46H,1-2,17-18,21-24,27-28H2,3-4H3,(H,53,54,55,56)/t29-,30-,31-,32-,43-,44-,45+,46+/m0/s1. The van der Waals surface area contributed by atoms with Gasteiger partial charge < -0.3 is 24.3 Å². The topological polar surface area (TPSA) is 120 Å². The highest BCUT2D eigenvalue weighted by Crippen LogP contribution is 2.46. The molecule has 4 bridgehead atoms. The zero-order valence-electron chi connectivity index (χ0n) is 35.1. The zero-order chi connectivity index (χ0) is 42.3. The van der Waals surface area contributed by atoms with Gasteiger partial charge in [-0.15, -0.1) is 18.1 Å². The summed E-state index contributed by atoms with van der Waals surface area (Å²) in [7, 11) is 3.37. The van der Waals surface area contributed by atoms with Crippen molar-refractivity contribution in [3.05, 3.63) is 126 Å². The van der Waals surface area contributed by atoms with Crippen LogP contribution < -0.4 is 24.3 Å². The van der Waals surface area contributed by atoms with Gasteiger partial charge in [-0.2, -0.15) is 9.97 Å². The lowest BCUT2D eigenvalue weighted by Crippen LogP contribution is -2.55. The number of pyridine rings is 2. The van der Waals surface area contributed by atoms with Gasteiger partial charge in [0.15, 0.2) is 0 Å². The number of hydrogen-bond acceptors (Lipinski definition) is 12. The zero-order valence-corrected chi connectivity index (χ0v) is 36.7. The molecule has 1 N–H and O–H groups in total. The molecule has 0 aliphatic carbocycles. The number of piperidine rings is 6. The largest absolute Gasteiger partial charge is 0.497 e. The van der Waals surface area contributed by atoms with Crippen LogP contribution >= 0.6 is 15.9 Å². The SMILES string of the molecule is C=C[C@H]1CN2CC[C@H]1C[C@H]2[C@H](Oc1nc(Nc2ccc(Br)cc2)nc(O[C@H](c2ccnc3ccc(OC)cc23)[C@@H]2C[C@@H]3CCN2C[C@@H]3C=C)n1)c1ccnc2ccc(OC)cc12. The van der Waals surface area contributed by atoms with Crippen LogP contribution in [-0.4, -0.2) is 87.2 Å². The van der Waals surface area contributed by atoms with Crippen LogP contribution in [0, 0.1) is 23.7 Å². The highest BCUT2D eigenvalue weighted by Gasteiger charge is 2.46. The Morgan fingerprint density at radius 1 is 0.677 bits per heavy atom. The van der Waals surface area contributed by atoms with E-state index < -0.39 is 12.2 Å². The van der Waals surface area contributed by atoms with Crippen LogP contribution in [0.1, 0.15) is 49.0 Å². The summed E-state index contributed by atoms with van der Waals surface area (Å²) in [6, 6.07) is 24.4. The Labute approximate surface area is 370 Å². The number of anilines is 2. The minimum absolute atomic E-state index is 0.0417. The van der Waals surface area contributed by atoms with E-state index in [-0.39, 0.29) is 24.1 Å². The number of hydrogen-bond donors (Lipinski definition) is 1. The number of ether oxygens (including phenoxy) is 4. The van der Waals surface area contributed by atoms with Crippen LogP contribution in [0.2, 0.25) is 0 Å². The van der Waals surface area contributed by atoms with Crippen LogP contribution in [0.15, 0.2) is 115 Å². The van der Waals surface area contributed by atoms with E-state index in [9.17, 15) is 0 Å². The molecule has 62 heavy (non-hydrogen) atoms. The van der Waals surface area contributed by atoms with Crippen LogP contribution in [-0.2, 0) is 0 Å². The molecular weight excluding hydrogens is 844 g/mol. The molecule has 2 unspecified atom stereocenters. The highest BCUT2D eigenvalue weighted by atomic mass is 79.9. The fourth-order valence-corrected chi connectivity index (χ4v) is 10.8. The molecule has 10 atom stereocenters. The van der Waals surface area contributed by atoms with Gasteiger partial charge >= 0.3 is 12.0 Å². The minimum Gasteiger partial charge on any atom is -0.497 e. The Morgan fingerprint density at radius 2 is 1.18 bits per heavy atom. The van der Waals surface area contributed by atoms with Crippen LogP contribution in [0.4, 0.5) is 11.6 Å². The predicted octanol–water partition coefficient (Wildman–Crippen LogP) is 9.52. The van der Waals surface area contributed by atoms with E-state index in [1.807, 2.05) is 73.1 Å². The second-order valence-electron chi connectivity index (χ2n) is 17.0. The van der Waals surface area contributed by atoms with Gasteiger partial charge in [0.05, 0.1) is 37.3 Å². The molecule has 0 amide bonds. The molecule has 12 rings (SSSR count). The van der Waals surface area contributed by atoms with Gasteiger partial charge in [0.25, 0.3) is 0 Å². The lowest BCUT2D eigenvalue weighted by molar-refractivity contribution is -0.0418. The molecule has 6 fully saturated rings. The van der Waals surface area contributed by atoms with Crippen molar-refractivity contribution in [2.75, 3.05) is 45.7 Å². The van der Waals surface area contributed by atoms with Crippen LogP contribution in [0.25, 0.3) is 21.8 Å². The van der Waals surface area contributed by atoms with Crippen molar-refractivity contribution in [2.45, 2.75) is 50.0 Å². The third-order valence-corrected chi connectivity index (χ3v) is 14.3. The second kappa shape index (κ2) is 17.3. The molecule has 3 aromatic heterocycles. The third kappa shape index (κ3) is 7.86. The number of halogens is 1. The number of benzene rings is 3. The fourth-order valence-electron chi connectivity index (χ4n) is 10.5. The first-order valence-corrected chi connectivity index (χ1v) is 22.4. The summed E-state index contributed by atoms with van der Waals surface area (Å²) in [6.07, 6.45) is 11.2. The van der Waals surface area contributed by atoms with Crippen molar-refractivity contribution < 1.29 is 18.9 Å². The fraction of sp³-hybridized carbons (Fsp3) is 0.367. The Hall–Kier alpha value is -5.63. The Morgan fingerprint density at radius 3 is 1.61 bits per heavy atom. The quantitative estimate of drug-likeness (QED) is 0.105. The molecule has 0 radical (unpaired) electrons. The molecular formula is C49H51BrN8O4. The van der Waals surface area contributed by atoms with Crippen molar-refractivity contribution >= 4 is 49.4 Å². The first-order valence-electron chi connectivity index (χ1n) is 21.6. The maximum Gasteiger partial charge on any atom is 0.325 e. The summed E-state index contributed by atoms with van der Waals surface area (Å²) in [4.78, 5) is 29.6. The normalized spacial score (nSPS) is 26.1. The second-order valence-corrected chi connectivity index (χ2v) is 17.9. The molecule has 6 aromatic rings. The molecule has 6 aliphatic heterocycles. The van der Waals surface area contributed by atoms with E-state index in [1.54, 1.807) is 14.2 Å². The Bertz CT molecular complexity index is 2460. The van der Waals surface area contributed by atoms with E-state index in [1.165, 1.54) is 0 Å². The third-order valence-electron chi connectivity index (χ3n) is 13.7. The molecule has 6 aliphatic rings. The number of aromatic nitrogens is 5. The van der Waals surface area contributed by atoms with Crippen molar-refractivity contribution in [3.63, 3.8) is 0 Å². The van der Waals surface area contributed by atoms with E-state index in [0.717, 1.165) is 106 Å². The van der Waals surface area contributed by atoms with Gasteiger partial charge in [-0.25, -0.2) is 0 Å². The molecule has 9 heterocycles. The summed E-state index contributed by atoms with van der Waals surface area (Å²) >= 11 is 3.57. The summed E-state index contributed by atoms with van der Waals surface area (Å²) in [5, 5.41) is 5.34. The van der Waals surface area contributed by atoms with Gasteiger partial charge in [-0.3, -0.25) is 19.8 Å². The summed E-state index contributed by atoms with van der Waals surface area (Å²) < 4.78 is 26.8. The number of nitrogens with one attached hydrogen (secondary N) is 1. The Kier molecular flexibility index (Phi) is 11.3. The van der Waals surface area contributed by atoms with Crippen molar-refractivity contribution in [1.82, 2.24) is 34.7 Å². The highest BCUT2D eigenvalue weighted by molar-refractivity contribution is 9.10. The smallest absolute Gasteiger partial charge is 0.325 e. The molecule has 13 heteroatoms. The first kappa shape index (κ1) is 40.4. The van der Waals surface area contributed by atoms with Crippen molar-refractivity contribution in [3.8, 4) is 23.5 Å². The average molecular weight is 896 g/mol. The monoisotopic (exact) mass is 894 g/mol. The van der Waals surface area contributed by atoms with Crippen LogP contribution in [0.3, 0.4) is 0 Å². The predicted molar refractivity (Wildman–Crippen MR) is 244 cm³/mol. The number of methoxy groups -OCH3 is 2. The maximum absolute atomic E-state index is 7.22. The van der Waals surface area contributed by atoms with Crippen molar-refractivity contribution in [2.24, 2.45) is 23.7 Å². The van der Waals surface area contributed by atoms with E-state index in [0.29, 0.717) is 29.6 Å². The minimum atomic E-state index is -0.458. The van der Waals surface area contributed by atoms with Gasteiger partial charge in [0, 0.05) is 57.5 Å². The maximum atomic E-state index is 7.22. The van der Waals surface area contributed by atoms with Crippen molar-refractivity contribution in [1.29, 1.82) is 0 Å². The molecule has 318 valence electrons. The molecule has 0 saturated carbocycles. The average Bonchev–Trinajstić information content (AvgIpc) is 3.32. The lowest BCUT2D eigenvalue weighted by atomic mass is 9.73. The van der Waals surface area contributed by atoms with E-state index >= 15 is 0 Å². The first-order chi connectivity index (χ1) is 30.4. The summed E-state index contributed by atoms with van der Waals surface area (Å²) in [5.74, 6) is 3.67. The van der Waals surface area contributed by atoms with Crippen LogP contribution in [0.5, 0.6) is 23.5 Å². The van der Waals surface area contributed by atoms with E-state index in [4.69, 9.17) is 43.9 Å². The molecule has 12 nitrogen and oxygen atoms in total. The number of fused-ring (bicyclic) bond motifs is 8.